The van der Waals surface area contributed by atoms with Gasteiger partial charge in [-0.2, -0.15) is 0 Å². The SMILES string of the molecule is CCNC(=O)C(c1ccc(C(=O)OC)cc1)c1cc(OC)ccc1N1CCCCC1. The van der Waals surface area contributed by atoms with Gasteiger partial charge in [-0.05, 0) is 67.6 Å². The molecule has 30 heavy (non-hydrogen) atoms. The molecule has 0 saturated carbocycles. The first-order chi connectivity index (χ1) is 14.6. The molecule has 3 rings (SSSR count). The number of hydrogen-bond donors (Lipinski definition) is 1. The van der Waals surface area contributed by atoms with Crippen molar-refractivity contribution in [3.8, 4) is 5.75 Å². The zero-order chi connectivity index (χ0) is 21.5. The van der Waals surface area contributed by atoms with Gasteiger partial charge in [0, 0.05) is 25.3 Å². The Labute approximate surface area is 178 Å². The Kier molecular flexibility index (Phi) is 7.33. The fraction of sp³-hybridized carbons (Fsp3) is 0.417. The first kappa shape index (κ1) is 21.7. The maximum Gasteiger partial charge on any atom is 0.337 e. The summed E-state index contributed by atoms with van der Waals surface area (Å²) in [5.41, 5.74) is 3.25. The third kappa shape index (κ3) is 4.75. The van der Waals surface area contributed by atoms with Crippen LogP contribution in [-0.4, -0.2) is 45.7 Å². The first-order valence-corrected chi connectivity index (χ1v) is 10.5. The number of nitrogens with one attached hydrogen (secondary N) is 1. The van der Waals surface area contributed by atoms with Crippen LogP contribution in [0.5, 0.6) is 5.75 Å². The summed E-state index contributed by atoms with van der Waals surface area (Å²) in [5, 5.41) is 2.97. The summed E-state index contributed by atoms with van der Waals surface area (Å²) in [6.07, 6.45) is 3.52. The van der Waals surface area contributed by atoms with E-state index in [-0.39, 0.29) is 5.91 Å². The second-order valence-corrected chi connectivity index (χ2v) is 7.41. The lowest BCUT2D eigenvalue weighted by Gasteiger charge is -2.32. The van der Waals surface area contributed by atoms with Gasteiger partial charge in [0.2, 0.25) is 5.91 Å². The van der Waals surface area contributed by atoms with Crippen molar-refractivity contribution in [1.82, 2.24) is 5.32 Å². The maximum atomic E-state index is 13.2. The molecule has 1 saturated heterocycles. The molecule has 0 aromatic heterocycles. The molecule has 0 bridgehead atoms. The largest absolute Gasteiger partial charge is 0.497 e. The lowest BCUT2D eigenvalue weighted by molar-refractivity contribution is -0.121. The predicted molar refractivity (Wildman–Crippen MR) is 117 cm³/mol. The monoisotopic (exact) mass is 410 g/mol. The van der Waals surface area contributed by atoms with Gasteiger partial charge in [0.1, 0.15) is 5.75 Å². The van der Waals surface area contributed by atoms with E-state index in [0.29, 0.717) is 17.9 Å². The van der Waals surface area contributed by atoms with Crippen LogP contribution in [0.3, 0.4) is 0 Å². The smallest absolute Gasteiger partial charge is 0.337 e. The van der Waals surface area contributed by atoms with Crippen LogP contribution < -0.4 is 15.0 Å². The number of nitrogens with zero attached hydrogens (tertiary/aromatic N) is 1. The molecular formula is C24H30N2O4. The number of carbonyl (C=O) groups is 2. The van der Waals surface area contributed by atoms with E-state index < -0.39 is 11.9 Å². The number of anilines is 1. The summed E-state index contributed by atoms with van der Waals surface area (Å²) in [6, 6.07) is 13.0. The molecule has 2 aromatic carbocycles. The van der Waals surface area contributed by atoms with Crippen LogP contribution in [0.1, 0.15) is 53.6 Å². The van der Waals surface area contributed by atoms with Gasteiger partial charge in [-0.25, -0.2) is 4.79 Å². The van der Waals surface area contributed by atoms with Gasteiger partial charge in [0.15, 0.2) is 0 Å². The van der Waals surface area contributed by atoms with Gasteiger partial charge in [0.25, 0.3) is 0 Å². The van der Waals surface area contributed by atoms with Gasteiger partial charge in [-0.3, -0.25) is 4.79 Å². The first-order valence-electron chi connectivity index (χ1n) is 10.5. The molecule has 6 nitrogen and oxygen atoms in total. The Morgan fingerprint density at radius 3 is 2.33 bits per heavy atom. The highest BCUT2D eigenvalue weighted by Crippen LogP contribution is 2.37. The van der Waals surface area contributed by atoms with Gasteiger partial charge in [-0.15, -0.1) is 0 Å². The molecule has 1 heterocycles. The van der Waals surface area contributed by atoms with Crippen molar-refractivity contribution in [2.24, 2.45) is 0 Å². The van der Waals surface area contributed by atoms with E-state index in [1.54, 1.807) is 19.2 Å². The molecule has 1 fully saturated rings. The van der Waals surface area contributed by atoms with Crippen molar-refractivity contribution >= 4 is 17.6 Å². The molecule has 0 aliphatic carbocycles. The number of rotatable bonds is 7. The second-order valence-electron chi connectivity index (χ2n) is 7.41. The van der Waals surface area contributed by atoms with Crippen molar-refractivity contribution in [3.63, 3.8) is 0 Å². The van der Waals surface area contributed by atoms with E-state index in [1.165, 1.54) is 13.5 Å². The van der Waals surface area contributed by atoms with E-state index in [0.717, 1.165) is 42.7 Å². The van der Waals surface area contributed by atoms with Crippen LogP contribution in [0.15, 0.2) is 42.5 Å². The molecule has 1 aliphatic rings. The second kappa shape index (κ2) is 10.1. The van der Waals surface area contributed by atoms with Gasteiger partial charge >= 0.3 is 5.97 Å². The minimum atomic E-state index is -0.510. The minimum Gasteiger partial charge on any atom is -0.497 e. The number of amides is 1. The van der Waals surface area contributed by atoms with Crippen LogP contribution in [-0.2, 0) is 9.53 Å². The number of likely N-dealkylation sites (N-methyl/N-ethyl adjacent to an activating group) is 1. The van der Waals surface area contributed by atoms with E-state index in [1.807, 2.05) is 31.2 Å². The van der Waals surface area contributed by atoms with Crippen molar-refractivity contribution in [1.29, 1.82) is 0 Å². The number of carbonyl (C=O) groups excluding carboxylic acids is 2. The standard InChI is InChI=1S/C24H30N2O4/c1-4-25-23(27)22(17-8-10-18(11-9-17)24(28)30-3)20-16-19(29-2)12-13-21(20)26-14-6-5-7-15-26/h8-13,16,22H,4-7,14-15H2,1-3H3,(H,25,27). The molecule has 2 aromatic rings. The Morgan fingerprint density at radius 1 is 1.03 bits per heavy atom. The minimum absolute atomic E-state index is 0.0742. The van der Waals surface area contributed by atoms with Crippen molar-refractivity contribution in [2.75, 3.05) is 38.8 Å². The number of benzene rings is 2. The van der Waals surface area contributed by atoms with Gasteiger partial charge in [-0.1, -0.05) is 12.1 Å². The summed E-state index contributed by atoms with van der Waals surface area (Å²) in [5.74, 6) is -0.267. The zero-order valence-corrected chi connectivity index (χ0v) is 17.9. The molecule has 0 radical (unpaired) electrons. The lowest BCUT2D eigenvalue weighted by atomic mass is 9.87. The summed E-state index contributed by atoms with van der Waals surface area (Å²) in [7, 11) is 2.99. The number of ether oxygens (including phenoxy) is 2. The van der Waals surface area contributed by atoms with E-state index >= 15 is 0 Å². The fourth-order valence-electron chi connectivity index (χ4n) is 3.99. The Balaban J connectivity index is 2.09. The zero-order valence-electron chi connectivity index (χ0n) is 17.9. The Bertz CT molecular complexity index is 873. The van der Waals surface area contributed by atoms with Crippen LogP contribution in [0.4, 0.5) is 5.69 Å². The van der Waals surface area contributed by atoms with Crippen molar-refractivity contribution in [2.45, 2.75) is 32.1 Å². The lowest BCUT2D eigenvalue weighted by Crippen LogP contribution is -2.34. The van der Waals surface area contributed by atoms with Gasteiger partial charge < -0.3 is 19.7 Å². The van der Waals surface area contributed by atoms with E-state index in [9.17, 15) is 9.59 Å². The molecule has 1 unspecified atom stereocenters. The molecule has 160 valence electrons. The highest BCUT2D eigenvalue weighted by Gasteiger charge is 2.28. The predicted octanol–water partition coefficient (Wildman–Crippen LogP) is 3.74. The number of hydrogen-bond acceptors (Lipinski definition) is 5. The Morgan fingerprint density at radius 2 is 1.73 bits per heavy atom. The topological polar surface area (TPSA) is 67.9 Å². The van der Waals surface area contributed by atoms with Crippen LogP contribution in [0, 0.1) is 0 Å². The molecule has 0 spiro atoms. The average Bonchev–Trinajstić information content (AvgIpc) is 2.80. The van der Waals surface area contributed by atoms with E-state index in [2.05, 4.69) is 16.3 Å². The summed E-state index contributed by atoms with van der Waals surface area (Å²) in [6.45, 7) is 4.40. The normalized spacial score (nSPS) is 14.7. The molecule has 1 aliphatic heterocycles. The summed E-state index contributed by atoms with van der Waals surface area (Å²) >= 11 is 0. The maximum absolute atomic E-state index is 13.2. The third-order valence-corrected chi connectivity index (χ3v) is 5.52. The van der Waals surface area contributed by atoms with Crippen LogP contribution in [0.2, 0.25) is 0 Å². The fourth-order valence-corrected chi connectivity index (χ4v) is 3.99. The number of methoxy groups -OCH3 is 2. The van der Waals surface area contributed by atoms with Crippen molar-refractivity contribution < 1.29 is 19.1 Å². The number of esters is 1. The van der Waals surface area contributed by atoms with Gasteiger partial charge in [0.05, 0.1) is 25.7 Å². The number of piperidine rings is 1. The van der Waals surface area contributed by atoms with Crippen LogP contribution in [0.25, 0.3) is 0 Å². The highest BCUT2D eigenvalue weighted by molar-refractivity contribution is 5.91. The molecule has 1 N–H and O–H groups in total. The van der Waals surface area contributed by atoms with Crippen LogP contribution >= 0.6 is 0 Å². The summed E-state index contributed by atoms with van der Waals surface area (Å²) in [4.78, 5) is 27.4. The third-order valence-electron chi connectivity index (χ3n) is 5.52. The molecule has 6 heteroatoms. The quantitative estimate of drug-likeness (QED) is 0.705. The highest BCUT2D eigenvalue weighted by atomic mass is 16.5. The average molecular weight is 411 g/mol. The molecule has 1 atom stereocenters. The van der Waals surface area contributed by atoms with E-state index in [4.69, 9.17) is 9.47 Å². The Hall–Kier alpha value is -3.02. The molecular weight excluding hydrogens is 380 g/mol. The van der Waals surface area contributed by atoms with Crippen molar-refractivity contribution in [3.05, 3.63) is 59.2 Å². The molecule has 1 amide bonds. The summed E-state index contributed by atoms with van der Waals surface area (Å²) < 4.78 is 10.3.